The van der Waals surface area contributed by atoms with Gasteiger partial charge in [0, 0.05) is 5.92 Å². The van der Waals surface area contributed by atoms with Gasteiger partial charge in [-0.25, -0.2) is 0 Å². The van der Waals surface area contributed by atoms with Crippen LogP contribution in [0.1, 0.15) is 51.7 Å². The first kappa shape index (κ1) is 16.3. The van der Waals surface area contributed by atoms with Crippen LogP contribution < -0.4 is 5.46 Å². The maximum atomic E-state index is 6.11. The van der Waals surface area contributed by atoms with Crippen LogP contribution in [0.3, 0.4) is 0 Å². The van der Waals surface area contributed by atoms with Crippen molar-refractivity contribution in [1.82, 2.24) is 0 Å². The minimum absolute atomic E-state index is 0.291. The third-order valence-electron chi connectivity index (χ3n) is 5.26. The Morgan fingerprint density at radius 3 is 1.74 bits per heavy atom. The summed E-state index contributed by atoms with van der Waals surface area (Å²) in [4.78, 5) is 0. The average molecular weight is 308 g/mol. The summed E-state index contributed by atoms with van der Waals surface area (Å²) in [5.41, 5.74) is 3.11. The first-order valence-electron chi connectivity index (χ1n) is 8.31. The lowest BCUT2D eigenvalue weighted by Crippen LogP contribution is -2.41. The highest BCUT2D eigenvalue weighted by molar-refractivity contribution is 6.62. The van der Waals surface area contributed by atoms with Crippen LogP contribution in [0, 0.1) is 0 Å². The van der Waals surface area contributed by atoms with Gasteiger partial charge in [-0.3, -0.25) is 0 Å². The third kappa shape index (κ3) is 3.08. The Morgan fingerprint density at radius 1 is 0.739 bits per heavy atom. The van der Waals surface area contributed by atoms with Gasteiger partial charge in [-0.05, 0) is 44.3 Å². The second kappa shape index (κ2) is 5.81. The summed E-state index contributed by atoms with van der Waals surface area (Å²) in [5.74, 6) is 0.378. The van der Waals surface area contributed by atoms with Crippen LogP contribution in [0.5, 0.6) is 0 Å². The van der Waals surface area contributed by atoms with Crippen LogP contribution in [0.25, 0.3) is 0 Å². The maximum Gasteiger partial charge on any atom is 0.494 e. The molecule has 0 saturated carbocycles. The van der Waals surface area contributed by atoms with Gasteiger partial charge in [0.1, 0.15) is 0 Å². The molecule has 120 valence electrons. The van der Waals surface area contributed by atoms with E-state index in [1.165, 1.54) is 11.1 Å². The normalized spacial score (nSPS) is 20.5. The summed E-state index contributed by atoms with van der Waals surface area (Å²) in [6.07, 6.45) is 0. The molecular weight excluding hydrogens is 283 g/mol. The van der Waals surface area contributed by atoms with Crippen LogP contribution in [0.2, 0.25) is 0 Å². The molecule has 1 fully saturated rings. The molecule has 0 N–H and O–H groups in total. The third-order valence-corrected chi connectivity index (χ3v) is 5.26. The highest BCUT2D eigenvalue weighted by Crippen LogP contribution is 2.36. The van der Waals surface area contributed by atoms with E-state index in [2.05, 4.69) is 89.2 Å². The lowest BCUT2D eigenvalue weighted by molar-refractivity contribution is 0.00578. The van der Waals surface area contributed by atoms with Gasteiger partial charge in [0.15, 0.2) is 0 Å². The molecule has 0 aromatic heterocycles. The number of benzene rings is 2. The van der Waals surface area contributed by atoms with E-state index >= 15 is 0 Å². The minimum atomic E-state index is -0.298. The van der Waals surface area contributed by atoms with Crippen LogP contribution in [0.15, 0.2) is 54.6 Å². The largest absolute Gasteiger partial charge is 0.494 e. The molecule has 2 aromatic rings. The van der Waals surface area contributed by atoms with Crippen molar-refractivity contribution in [2.75, 3.05) is 0 Å². The van der Waals surface area contributed by atoms with E-state index in [-0.39, 0.29) is 18.3 Å². The first-order valence-corrected chi connectivity index (χ1v) is 8.31. The highest BCUT2D eigenvalue weighted by atomic mass is 16.7. The van der Waals surface area contributed by atoms with Crippen molar-refractivity contribution < 1.29 is 9.31 Å². The second-order valence-electron chi connectivity index (χ2n) is 7.39. The number of rotatable bonds is 3. The molecule has 2 nitrogen and oxygen atoms in total. The molecular formula is C20H25BO2. The molecule has 0 spiro atoms. The second-order valence-corrected chi connectivity index (χ2v) is 7.39. The summed E-state index contributed by atoms with van der Waals surface area (Å²) >= 11 is 0. The summed E-state index contributed by atoms with van der Waals surface area (Å²) in [6, 6.07) is 19.2. The molecule has 23 heavy (non-hydrogen) atoms. The SMILES string of the molecule is C[C@@H](c1ccccc1)c1ccc(B2OC(C)(C)C(C)(C)O2)cc1. The predicted molar refractivity (Wildman–Crippen MR) is 96.1 cm³/mol. The lowest BCUT2D eigenvalue weighted by Gasteiger charge is -2.32. The molecule has 1 aliphatic rings. The van der Waals surface area contributed by atoms with Gasteiger partial charge in [-0.15, -0.1) is 0 Å². The Hall–Kier alpha value is -1.58. The molecule has 1 heterocycles. The zero-order chi connectivity index (χ0) is 16.7. The fourth-order valence-corrected chi connectivity index (χ4v) is 2.86. The molecule has 2 aromatic carbocycles. The van der Waals surface area contributed by atoms with E-state index < -0.39 is 0 Å². The van der Waals surface area contributed by atoms with E-state index in [9.17, 15) is 0 Å². The Labute approximate surface area is 140 Å². The number of hydrogen-bond donors (Lipinski definition) is 0. The van der Waals surface area contributed by atoms with Gasteiger partial charge in [-0.1, -0.05) is 61.5 Å². The van der Waals surface area contributed by atoms with Crippen molar-refractivity contribution in [2.24, 2.45) is 0 Å². The van der Waals surface area contributed by atoms with Crippen LogP contribution in [-0.4, -0.2) is 18.3 Å². The zero-order valence-electron chi connectivity index (χ0n) is 14.7. The molecule has 3 heteroatoms. The fraction of sp³-hybridized carbons (Fsp3) is 0.400. The van der Waals surface area contributed by atoms with Crippen molar-refractivity contribution in [3.63, 3.8) is 0 Å². The quantitative estimate of drug-likeness (QED) is 0.794. The van der Waals surface area contributed by atoms with Gasteiger partial charge in [-0.2, -0.15) is 0 Å². The molecule has 0 radical (unpaired) electrons. The molecule has 0 aliphatic carbocycles. The first-order chi connectivity index (χ1) is 10.8. The molecule has 1 aliphatic heterocycles. The summed E-state index contributed by atoms with van der Waals surface area (Å²) in [6.45, 7) is 10.6. The van der Waals surface area contributed by atoms with Gasteiger partial charge in [0.2, 0.25) is 0 Å². The maximum absolute atomic E-state index is 6.11. The van der Waals surface area contributed by atoms with Crippen molar-refractivity contribution in [1.29, 1.82) is 0 Å². The van der Waals surface area contributed by atoms with E-state index in [0.717, 1.165) is 5.46 Å². The molecule has 1 atom stereocenters. The van der Waals surface area contributed by atoms with Crippen molar-refractivity contribution >= 4 is 12.6 Å². The smallest absolute Gasteiger partial charge is 0.399 e. The van der Waals surface area contributed by atoms with Gasteiger partial charge < -0.3 is 9.31 Å². The van der Waals surface area contributed by atoms with E-state index in [1.54, 1.807) is 0 Å². The van der Waals surface area contributed by atoms with E-state index in [4.69, 9.17) is 9.31 Å². The fourth-order valence-electron chi connectivity index (χ4n) is 2.86. The predicted octanol–water partition coefficient (Wildman–Crippen LogP) is 4.14. The molecule has 0 unspecified atom stereocenters. The average Bonchev–Trinajstić information content (AvgIpc) is 2.76. The van der Waals surface area contributed by atoms with Gasteiger partial charge in [0.05, 0.1) is 11.2 Å². The summed E-state index contributed by atoms with van der Waals surface area (Å²) in [5, 5.41) is 0. The van der Waals surface area contributed by atoms with Crippen molar-refractivity contribution in [3.8, 4) is 0 Å². The Balaban J connectivity index is 1.78. The Bertz CT molecular complexity index is 646. The standard InChI is InChI=1S/C20H25BO2/c1-15(16-9-7-6-8-10-16)17-11-13-18(14-12-17)21-22-19(2,3)20(4,5)23-21/h6-15H,1-5H3/t15-/m0/s1. The molecule has 1 saturated heterocycles. The zero-order valence-corrected chi connectivity index (χ0v) is 14.7. The van der Waals surface area contributed by atoms with Crippen LogP contribution >= 0.6 is 0 Å². The monoisotopic (exact) mass is 308 g/mol. The van der Waals surface area contributed by atoms with Crippen LogP contribution in [0.4, 0.5) is 0 Å². The van der Waals surface area contributed by atoms with Crippen LogP contribution in [-0.2, 0) is 9.31 Å². The minimum Gasteiger partial charge on any atom is -0.399 e. The van der Waals surface area contributed by atoms with Gasteiger partial charge >= 0.3 is 7.12 Å². The Kier molecular flexibility index (Phi) is 4.11. The molecule has 0 amide bonds. The lowest BCUT2D eigenvalue weighted by atomic mass is 9.78. The highest BCUT2D eigenvalue weighted by Gasteiger charge is 2.51. The summed E-state index contributed by atoms with van der Waals surface area (Å²) in [7, 11) is -0.291. The molecule has 0 bridgehead atoms. The Morgan fingerprint density at radius 2 is 1.22 bits per heavy atom. The number of hydrogen-bond acceptors (Lipinski definition) is 2. The van der Waals surface area contributed by atoms with Crippen molar-refractivity contribution in [2.45, 2.75) is 51.7 Å². The van der Waals surface area contributed by atoms with E-state index in [1.807, 2.05) is 0 Å². The topological polar surface area (TPSA) is 18.5 Å². The summed E-state index contributed by atoms with van der Waals surface area (Å²) < 4.78 is 12.2. The van der Waals surface area contributed by atoms with E-state index in [0.29, 0.717) is 5.92 Å². The molecule has 3 rings (SSSR count). The van der Waals surface area contributed by atoms with Crippen molar-refractivity contribution in [3.05, 3.63) is 65.7 Å². The van der Waals surface area contributed by atoms with Gasteiger partial charge in [0.25, 0.3) is 0 Å².